The zero-order valence-corrected chi connectivity index (χ0v) is 11.3. The van der Waals surface area contributed by atoms with E-state index in [1.807, 2.05) is 0 Å². The first-order valence-corrected chi connectivity index (χ1v) is 7.00. The molecule has 1 unspecified atom stereocenters. The molecule has 1 fully saturated rings. The first kappa shape index (κ1) is 13.7. The number of hydrogen-bond donors (Lipinski definition) is 0. The van der Waals surface area contributed by atoms with Crippen molar-refractivity contribution in [2.45, 2.75) is 52.9 Å². The Bertz CT molecular complexity index is 207. The monoisotopic (exact) mass is 224 g/mol. The first-order valence-electron chi connectivity index (χ1n) is 7.00. The van der Waals surface area contributed by atoms with E-state index < -0.39 is 0 Å². The summed E-state index contributed by atoms with van der Waals surface area (Å²) in [6.07, 6.45) is 6.49. The largest absolute Gasteiger partial charge is 0.304 e. The van der Waals surface area contributed by atoms with Gasteiger partial charge in [0, 0.05) is 12.3 Å². The fourth-order valence-electron chi connectivity index (χ4n) is 2.48. The summed E-state index contributed by atoms with van der Waals surface area (Å²) in [7, 11) is 0. The van der Waals surface area contributed by atoms with Gasteiger partial charge in [0.15, 0.2) is 0 Å². The van der Waals surface area contributed by atoms with Crippen LogP contribution in [0.5, 0.6) is 0 Å². The van der Waals surface area contributed by atoms with Gasteiger partial charge >= 0.3 is 0 Å². The van der Waals surface area contributed by atoms with Crippen LogP contribution in [0.2, 0.25) is 0 Å². The molecule has 94 valence electrons. The fourth-order valence-corrected chi connectivity index (χ4v) is 2.48. The molecule has 1 atom stereocenters. The highest BCUT2D eigenvalue weighted by Gasteiger charge is 2.13. The van der Waals surface area contributed by atoms with Gasteiger partial charge < -0.3 is 4.90 Å². The normalized spacial score (nSPS) is 24.2. The number of hydrogen-bond acceptors (Lipinski definition) is 2. The predicted octanol–water partition coefficient (Wildman–Crippen LogP) is 3.37. The SMILES string of the molecule is CCN(CC)CCCN=C1CCCC(C)C1. The van der Waals surface area contributed by atoms with Gasteiger partial charge in [0.2, 0.25) is 0 Å². The maximum Gasteiger partial charge on any atom is 0.0400 e. The molecular weight excluding hydrogens is 196 g/mol. The van der Waals surface area contributed by atoms with Crippen molar-refractivity contribution >= 4 is 5.71 Å². The highest BCUT2D eigenvalue weighted by Crippen LogP contribution is 2.21. The standard InChI is InChI=1S/C14H28N2/c1-4-16(5-2)11-7-10-15-14-9-6-8-13(3)12-14/h13H,4-12H2,1-3H3. The lowest BCUT2D eigenvalue weighted by Gasteiger charge is -2.20. The van der Waals surface area contributed by atoms with E-state index in [4.69, 9.17) is 4.99 Å². The average molecular weight is 224 g/mol. The molecule has 0 amide bonds. The van der Waals surface area contributed by atoms with Gasteiger partial charge in [0.25, 0.3) is 0 Å². The van der Waals surface area contributed by atoms with Crippen molar-refractivity contribution < 1.29 is 0 Å². The van der Waals surface area contributed by atoms with Crippen LogP contribution < -0.4 is 0 Å². The van der Waals surface area contributed by atoms with Gasteiger partial charge in [-0.15, -0.1) is 0 Å². The Hall–Kier alpha value is -0.370. The van der Waals surface area contributed by atoms with Crippen LogP contribution in [-0.2, 0) is 0 Å². The molecule has 0 heterocycles. The van der Waals surface area contributed by atoms with E-state index in [0.717, 1.165) is 12.5 Å². The Balaban J connectivity index is 2.15. The van der Waals surface area contributed by atoms with Crippen molar-refractivity contribution in [2.24, 2.45) is 10.9 Å². The molecule has 0 aromatic heterocycles. The molecule has 1 aliphatic rings. The van der Waals surface area contributed by atoms with E-state index in [0.29, 0.717) is 0 Å². The molecule has 1 saturated carbocycles. The fraction of sp³-hybridized carbons (Fsp3) is 0.929. The van der Waals surface area contributed by atoms with E-state index in [-0.39, 0.29) is 0 Å². The van der Waals surface area contributed by atoms with Crippen LogP contribution in [0, 0.1) is 5.92 Å². The Morgan fingerprint density at radius 1 is 1.31 bits per heavy atom. The van der Waals surface area contributed by atoms with Crippen molar-refractivity contribution in [3.63, 3.8) is 0 Å². The third-order valence-electron chi connectivity index (χ3n) is 3.61. The molecule has 0 aromatic rings. The van der Waals surface area contributed by atoms with Gasteiger partial charge in [-0.05, 0) is 57.7 Å². The summed E-state index contributed by atoms with van der Waals surface area (Å²) in [6.45, 7) is 11.4. The lowest BCUT2D eigenvalue weighted by atomic mass is 9.89. The van der Waals surface area contributed by atoms with Crippen LogP contribution in [0.15, 0.2) is 4.99 Å². The highest BCUT2D eigenvalue weighted by molar-refractivity contribution is 5.85. The van der Waals surface area contributed by atoms with Crippen molar-refractivity contribution in [3.8, 4) is 0 Å². The van der Waals surface area contributed by atoms with Crippen LogP contribution in [0.1, 0.15) is 52.9 Å². The molecule has 2 heteroatoms. The Labute approximate surface area is 101 Å². The molecule has 16 heavy (non-hydrogen) atoms. The topological polar surface area (TPSA) is 15.6 Å². The number of rotatable bonds is 6. The minimum Gasteiger partial charge on any atom is -0.304 e. The molecule has 0 bridgehead atoms. The van der Waals surface area contributed by atoms with E-state index >= 15 is 0 Å². The van der Waals surface area contributed by atoms with E-state index in [9.17, 15) is 0 Å². The molecule has 2 nitrogen and oxygen atoms in total. The summed E-state index contributed by atoms with van der Waals surface area (Å²) in [4.78, 5) is 7.24. The van der Waals surface area contributed by atoms with E-state index in [1.54, 1.807) is 0 Å². The minimum atomic E-state index is 0.871. The van der Waals surface area contributed by atoms with Crippen LogP contribution in [0.3, 0.4) is 0 Å². The lowest BCUT2D eigenvalue weighted by molar-refractivity contribution is 0.302. The summed E-state index contributed by atoms with van der Waals surface area (Å²) < 4.78 is 0. The maximum absolute atomic E-state index is 4.76. The van der Waals surface area contributed by atoms with Gasteiger partial charge in [-0.3, -0.25) is 4.99 Å². The van der Waals surface area contributed by atoms with Crippen molar-refractivity contribution in [1.29, 1.82) is 0 Å². The number of aliphatic imine (C=N–C) groups is 1. The van der Waals surface area contributed by atoms with Crippen LogP contribution in [-0.4, -0.2) is 36.8 Å². The van der Waals surface area contributed by atoms with Crippen LogP contribution in [0.4, 0.5) is 0 Å². The maximum atomic E-state index is 4.76. The van der Waals surface area contributed by atoms with Crippen molar-refractivity contribution in [1.82, 2.24) is 4.90 Å². The molecule has 0 aromatic carbocycles. The van der Waals surface area contributed by atoms with Gasteiger partial charge in [-0.1, -0.05) is 20.8 Å². The first-order chi connectivity index (χ1) is 7.76. The summed E-state index contributed by atoms with van der Waals surface area (Å²) >= 11 is 0. The van der Waals surface area contributed by atoms with Crippen molar-refractivity contribution in [3.05, 3.63) is 0 Å². The molecule has 0 radical (unpaired) electrons. The molecular formula is C14H28N2. The summed E-state index contributed by atoms with van der Waals surface area (Å²) in [6, 6.07) is 0. The quantitative estimate of drug-likeness (QED) is 0.632. The predicted molar refractivity (Wildman–Crippen MR) is 72.3 cm³/mol. The molecule has 1 rings (SSSR count). The van der Waals surface area contributed by atoms with Crippen LogP contribution >= 0.6 is 0 Å². The van der Waals surface area contributed by atoms with Gasteiger partial charge in [0.1, 0.15) is 0 Å². The van der Waals surface area contributed by atoms with Gasteiger partial charge in [0.05, 0.1) is 0 Å². The molecule has 0 saturated heterocycles. The highest BCUT2D eigenvalue weighted by atomic mass is 15.1. The smallest absolute Gasteiger partial charge is 0.0400 e. The summed E-state index contributed by atoms with van der Waals surface area (Å²) in [5.74, 6) is 0.871. The Morgan fingerprint density at radius 2 is 2.06 bits per heavy atom. The van der Waals surface area contributed by atoms with Gasteiger partial charge in [-0.25, -0.2) is 0 Å². The Morgan fingerprint density at radius 3 is 2.69 bits per heavy atom. The average Bonchev–Trinajstić information content (AvgIpc) is 2.29. The van der Waals surface area contributed by atoms with E-state index in [2.05, 4.69) is 25.7 Å². The molecule has 0 aliphatic heterocycles. The third kappa shape index (κ3) is 5.11. The minimum absolute atomic E-state index is 0.871. The summed E-state index contributed by atoms with van der Waals surface area (Å²) in [5.41, 5.74) is 1.48. The third-order valence-corrected chi connectivity index (χ3v) is 3.61. The zero-order valence-electron chi connectivity index (χ0n) is 11.3. The Kier molecular flexibility index (Phi) is 6.70. The second-order valence-corrected chi connectivity index (χ2v) is 5.03. The second-order valence-electron chi connectivity index (χ2n) is 5.03. The van der Waals surface area contributed by atoms with Crippen LogP contribution in [0.25, 0.3) is 0 Å². The number of nitrogens with zero attached hydrogens (tertiary/aromatic N) is 2. The van der Waals surface area contributed by atoms with Crippen molar-refractivity contribution in [2.75, 3.05) is 26.2 Å². The second kappa shape index (κ2) is 7.83. The zero-order chi connectivity index (χ0) is 11.8. The molecule has 0 spiro atoms. The van der Waals surface area contributed by atoms with Gasteiger partial charge in [-0.2, -0.15) is 0 Å². The molecule has 1 aliphatic carbocycles. The van der Waals surface area contributed by atoms with E-state index in [1.165, 1.54) is 57.5 Å². The summed E-state index contributed by atoms with van der Waals surface area (Å²) in [5, 5.41) is 0. The lowest BCUT2D eigenvalue weighted by Crippen LogP contribution is -2.24. The molecule has 0 N–H and O–H groups in total.